The first-order valence-corrected chi connectivity index (χ1v) is 9.27. The summed E-state index contributed by atoms with van der Waals surface area (Å²) in [5.41, 5.74) is 0.650. The van der Waals surface area contributed by atoms with Gasteiger partial charge in [-0.3, -0.25) is 0 Å². The van der Waals surface area contributed by atoms with E-state index in [1.807, 2.05) is 0 Å². The first kappa shape index (κ1) is 17.6. The zero-order valence-corrected chi connectivity index (χ0v) is 15.0. The average molecular weight is 360 g/mol. The van der Waals surface area contributed by atoms with E-state index in [0.29, 0.717) is 24.1 Å². The molecule has 0 aliphatic carbocycles. The molecule has 0 spiro atoms. The number of benzene rings is 1. The normalized spacial score (nSPS) is 24.9. The lowest BCUT2D eigenvalue weighted by molar-refractivity contribution is -0.0406. The van der Waals surface area contributed by atoms with Crippen LogP contribution in [-0.2, 0) is 9.47 Å². The van der Waals surface area contributed by atoms with Gasteiger partial charge in [0.25, 0.3) is 0 Å². The van der Waals surface area contributed by atoms with E-state index >= 15 is 0 Å². The van der Waals surface area contributed by atoms with E-state index in [1.54, 1.807) is 19.4 Å². The van der Waals surface area contributed by atoms with Gasteiger partial charge in [-0.25, -0.2) is 14.4 Å². The second kappa shape index (κ2) is 7.82. The van der Waals surface area contributed by atoms with Crippen molar-refractivity contribution in [2.45, 2.75) is 37.5 Å². The molecule has 1 aromatic carbocycles. The highest BCUT2D eigenvalue weighted by Gasteiger charge is 2.29. The number of anilines is 1. The fourth-order valence-electron chi connectivity index (χ4n) is 3.84. The second-order valence-corrected chi connectivity index (χ2v) is 7.05. The molecule has 0 unspecified atom stereocenters. The minimum absolute atomic E-state index is 0.223. The Morgan fingerprint density at radius 2 is 2.12 bits per heavy atom. The van der Waals surface area contributed by atoms with Gasteiger partial charge in [-0.15, -0.1) is 0 Å². The van der Waals surface area contributed by atoms with Gasteiger partial charge in [0.15, 0.2) is 0 Å². The summed E-state index contributed by atoms with van der Waals surface area (Å²) in [6.45, 7) is 3.24. The van der Waals surface area contributed by atoms with Gasteiger partial charge in [-0.1, -0.05) is 0 Å². The van der Waals surface area contributed by atoms with E-state index in [0.717, 1.165) is 44.3 Å². The molecule has 3 heterocycles. The molecular formula is C19H25FN4O2. The predicted molar refractivity (Wildman–Crippen MR) is 97.9 cm³/mol. The van der Waals surface area contributed by atoms with Crippen molar-refractivity contribution in [3.8, 4) is 0 Å². The van der Waals surface area contributed by atoms with Gasteiger partial charge in [-0.05, 0) is 31.4 Å². The summed E-state index contributed by atoms with van der Waals surface area (Å²) < 4.78 is 24.6. The molecule has 0 saturated carbocycles. The van der Waals surface area contributed by atoms with E-state index in [-0.39, 0.29) is 18.0 Å². The van der Waals surface area contributed by atoms with Crippen LogP contribution in [0.15, 0.2) is 24.4 Å². The van der Waals surface area contributed by atoms with Crippen LogP contribution < -0.4 is 10.2 Å². The maximum atomic E-state index is 13.4. The van der Waals surface area contributed by atoms with Crippen molar-refractivity contribution in [2.75, 3.05) is 38.3 Å². The number of nitrogens with one attached hydrogen (secondary N) is 1. The Morgan fingerprint density at radius 1 is 1.27 bits per heavy atom. The van der Waals surface area contributed by atoms with Crippen molar-refractivity contribution in [1.82, 2.24) is 15.3 Å². The summed E-state index contributed by atoms with van der Waals surface area (Å²) in [5.74, 6) is 0.407. The zero-order chi connectivity index (χ0) is 17.9. The van der Waals surface area contributed by atoms with Gasteiger partial charge in [-0.2, -0.15) is 0 Å². The lowest BCUT2D eigenvalue weighted by Gasteiger charge is -2.38. The average Bonchev–Trinajstić information content (AvgIpc) is 2.68. The predicted octanol–water partition coefficient (Wildman–Crippen LogP) is 2.13. The van der Waals surface area contributed by atoms with Crippen molar-refractivity contribution in [3.63, 3.8) is 0 Å². The molecule has 26 heavy (non-hydrogen) atoms. The van der Waals surface area contributed by atoms with Crippen LogP contribution in [0.4, 0.5) is 10.3 Å². The van der Waals surface area contributed by atoms with Crippen molar-refractivity contribution in [1.29, 1.82) is 0 Å². The van der Waals surface area contributed by atoms with E-state index in [2.05, 4.69) is 20.2 Å². The molecule has 2 atom stereocenters. The monoisotopic (exact) mass is 360 g/mol. The molecule has 1 N–H and O–H groups in total. The van der Waals surface area contributed by atoms with Gasteiger partial charge >= 0.3 is 0 Å². The third-order valence-electron chi connectivity index (χ3n) is 5.36. The molecule has 6 nitrogen and oxygen atoms in total. The van der Waals surface area contributed by atoms with Crippen LogP contribution in [0.5, 0.6) is 0 Å². The molecule has 2 fully saturated rings. The molecule has 4 rings (SSSR count). The van der Waals surface area contributed by atoms with Gasteiger partial charge in [0.05, 0.1) is 24.3 Å². The van der Waals surface area contributed by atoms with Crippen molar-refractivity contribution < 1.29 is 13.9 Å². The molecule has 0 radical (unpaired) electrons. The maximum absolute atomic E-state index is 13.4. The Balaban J connectivity index is 1.37. The number of piperidine rings is 1. The van der Waals surface area contributed by atoms with Crippen molar-refractivity contribution >= 4 is 16.9 Å². The summed E-state index contributed by atoms with van der Waals surface area (Å²) in [5, 5.41) is 4.56. The minimum Gasteiger partial charge on any atom is -0.380 e. The molecule has 2 aliphatic heterocycles. The van der Waals surface area contributed by atoms with Crippen LogP contribution >= 0.6 is 0 Å². The molecule has 2 saturated heterocycles. The fourth-order valence-corrected chi connectivity index (χ4v) is 3.84. The van der Waals surface area contributed by atoms with Gasteiger partial charge < -0.3 is 19.7 Å². The Kier molecular flexibility index (Phi) is 5.28. The second-order valence-electron chi connectivity index (χ2n) is 7.05. The Bertz CT molecular complexity index is 751. The molecule has 2 aliphatic rings. The van der Waals surface area contributed by atoms with Crippen LogP contribution in [0.1, 0.15) is 19.3 Å². The van der Waals surface area contributed by atoms with Crippen LogP contribution in [0, 0.1) is 5.82 Å². The van der Waals surface area contributed by atoms with Crippen LogP contribution in [0.3, 0.4) is 0 Å². The maximum Gasteiger partial charge on any atom is 0.225 e. The highest BCUT2D eigenvalue weighted by Crippen LogP contribution is 2.21. The standard InChI is InChI=1S/C19H25FN4O2/c1-25-18-6-9-26-12-17(18)22-15-4-7-24(8-5-15)19-21-11-13-2-3-14(20)10-16(13)23-19/h2-3,10-11,15,17-18,22H,4-9,12H2,1H3/t17-,18-/m1/s1. The van der Waals surface area contributed by atoms with E-state index in [1.165, 1.54) is 12.1 Å². The number of aromatic nitrogens is 2. The summed E-state index contributed by atoms with van der Waals surface area (Å²) in [7, 11) is 1.77. The van der Waals surface area contributed by atoms with Crippen molar-refractivity contribution in [3.05, 3.63) is 30.2 Å². The van der Waals surface area contributed by atoms with E-state index in [9.17, 15) is 4.39 Å². The molecular weight excluding hydrogens is 335 g/mol. The number of fused-ring (bicyclic) bond motifs is 1. The zero-order valence-electron chi connectivity index (χ0n) is 15.0. The number of halogens is 1. The quantitative estimate of drug-likeness (QED) is 0.901. The third-order valence-corrected chi connectivity index (χ3v) is 5.36. The summed E-state index contributed by atoms with van der Waals surface area (Å²) >= 11 is 0. The van der Waals surface area contributed by atoms with E-state index < -0.39 is 0 Å². The molecule has 7 heteroatoms. The summed E-state index contributed by atoms with van der Waals surface area (Å²) in [4.78, 5) is 11.2. The number of methoxy groups -OCH3 is 1. The topological polar surface area (TPSA) is 59.5 Å². The molecule has 140 valence electrons. The number of hydrogen-bond acceptors (Lipinski definition) is 6. The van der Waals surface area contributed by atoms with Gasteiger partial charge in [0, 0.05) is 50.5 Å². The lowest BCUT2D eigenvalue weighted by atomic mass is 10.0. The SMILES string of the molecule is CO[C@@H]1CCOC[C@H]1NC1CCN(c2ncc3ccc(F)cc3n2)CC1. The highest BCUT2D eigenvalue weighted by atomic mass is 19.1. The minimum atomic E-state index is -0.271. The van der Waals surface area contributed by atoms with Gasteiger partial charge in [0.2, 0.25) is 5.95 Å². The Labute approximate surface area is 152 Å². The first-order valence-electron chi connectivity index (χ1n) is 9.27. The number of hydrogen-bond donors (Lipinski definition) is 1. The Morgan fingerprint density at radius 3 is 2.92 bits per heavy atom. The smallest absolute Gasteiger partial charge is 0.225 e. The molecule has 2 aromatic rings. The molecule has 0 bridgehead atoms. The largest absolute Gasteiger partial charge is 0.380 e. The van der Waals surface area contributed by atoms with Crippen LogP contribution in [0.2, 0.25) is 0 Å². The summed E-state index contributed by atoms with van der Waals surface area (Å²) in [6.07, 6.45) is 4.95. The number of ether oxygens (including phenoxy) is 2. The first-order chi connectivity index (χ1) is 12.7. The third kappa shape index (κ3) is 3.79. The fraction of sp³-hybridized carbons (Fsp3) is 0.579. The number of nitrogens with zero attached hydrogens (tertiary/aromatic N) is 3. The molecule has 0 amide bonds. The van der Waals surface area contributed by atoms with Gasteiger partial charge in [0.1, 0.15) is 5.82 Å². The highest BCUT2D eigenvalue weighted by molar-refractivity contribution is 5.78. The van der Waals surface area contributed by atoms with Crippen LogP contribution in [-0.4, -0.2) is 61.6 Å². The van der Waals surface area contributed by atoms with E-state index in [4.69, 9.17) is 9.47 Å². The number of rotatable bonds is 4. The summed E-state index contributed by atoms with van der Waals surface area (Å²) in [6, 6.07) is 5.30. The lowest BCUT2D eigenvalue weighted by Crippen LogP contribution is -2.54. The Hall–Kier alpha value is -1.83. The van der Waals surface area contributed by atoms with Crippen molar-refractivity contribution in [2.24, 2.45) is 0 Å². The molecule has 1 aromatic heterocycles. The van der Waals surface area contributed by atoms with Crippen LogP contribution in [0.25, 0.3) is 10.9 Å².